The summed E-state index contributed by atoms with van der Waals surface area (Å²) in [4.78, 5) is 0. The van der Waals surface area contributed by atoms with E-state index >= 15 is 0 Å². The molecule has 0 aliphatic rings. The molecule has 0 atom stereocenters. The molecule has 3 rings (SSSR count). The fourth-order valence-corrected chi connectivity index (χ4v) is 3.53. The molecule has 0 bridgehead atoms. The van der Waals surface area contributed by atoms with E-state index in [4.69, 9.17) is 9.47 Å². The zero-order chi connectivity index (χ0) is 17.1. The number of hydrogen-bond donors (Lipinski definition) is 0. The van der Waals surface area contributed by atoms with Crippen LogP contribution in [0.5, 0.6) is 11.6 Å². The monoisotopic (exact) mass is 452 g/mol. The minimum Gasteiger partial charge on any atom is -0.490 e. The number of nitrogens with zero attached hydrogens (tertiary/aromatic N) is 2. The van der Waals surface area contributed by atoms with Gasteiger partial charge in [-0.1, -0.05) is 28.1 Å². The summed E-state index contributed by atoms with van der Waals surface area (Å²) in [5.41, 5.74) is 0.941. The van der Waals surface area contributed by atoms with Gasteiger partial charge in [0.1, 0.15) is 12.4 Å². The van der Waals surface area contributed by atoms with E-state index in [1.807, 2.05) is 36.7 Å². The number of hydrogen-bond acceptors (Lipinski definition) is 3. The summed E-state index contributed by atoms with van der Waals surface area (Å²) < 4.78 is 15.4. The Bertz CT molecular complexity index is 862. The molecule has 2 aromatic carbocycles. The van der Waals surface area contributed by atoms with Crippen molar-refractivity contribution in [3.63, 3.8) is 0 Å². The molecule has 0 fully saturated rings. The maximum Gasteiger partial charge on any atom is 0.212 e. The number of aryl methyl sites for hydroxylation is 1. The van der Waals surface area contributed by atoms with Crippen molar-refractivity contribution < 1.29 is 9.47 Å². The molecule has 126 valence electrons. The van der Waals surface area contributed by atoms with Crippen molar-refractivity contribution in [2.45, 2.75) is 20.4 Å². The molecule has 1 heterocycles. The lowest BCUT2D eigenvalue weighted by molar-refractivity contribution is 0.259. The van der Waals surface area contributed by atoms with Gasteiger partial charge < -0.3 is 9.47 Å². The van der Waals surface area contributed by atoms with Crippen LogP contribution in [0.1, 0.15) is 12.6 Å². The summed E-state index contributed by atoms with van der Waals surface area (Å²) in [6, 6.07) is 12.2. The molecule has 0 radical (unpaired) electrons. The first kappa shape index (κ1) is 17.3. The Morgan fingerprint density at radius 2 is 1.92 bits per heavy atom. The third-order valence-electron chi connectivity index (χ3n) is 3.60. The first-order valence-corrected chi connectivity index (χ1v) is 9.35. The first-order valence-electron chi connectivity index (χ1n) is 7.76. The molecule has 3 aromatic rings. The fourth-order valence-electron chi connectivity index (χ4n) is 2.54. The molecule has 0 N–H and O–H groups in total. The van der Waals surface area contributed by atoms with Gasteiger partial charge in [0, 0.05) is 10.5 Å². The maximum absolute atomic E-state index is 5.95. The number of halogens is 2. The van der Waals surface area contributed by atoms with Gasteiger partial charge in [-0.3, -0.25) is 0 Å². The average molecular weight is 454 g/mol. The van der Waals surface area contributed by atoms with Crippen LogP contribution in [0.2, 0.25) is 0 Å². The molecule has 0 aliphatic heterocycles. The predicted octanol–water partition coefficient (Wildman–Crippen LogP) is 5.35. The maximum atomic E-state index is 5.95. The van der Waals surface area contributed by atoms with Gasteiger partial charge in [0.2, 0.25) is 5.88 Å². The van der Waals surface area contributed by atoms with E-state index in [0.717, 1.165) is 37.0 Å². The lowest BCUT2D eigenvalue weighted by Crippen LogP contribution is -2.11. The summed E-state index contributed by atoms with van der Waals surface area (Å²) in [5, 5.41) is 6.72. The van der Waals surface area contributed by atoms with Crippen LogP contribution in [-0.4, -0.2) is 23.0 Å². The van der Waals surface area contributed by atoms with Crippen molar-refractivity contribution in [2.75, 3.05) is 13.2 Å². The van der Waals surface area contributed by atoms with Crippen LogP contribution >= 0.6 is 31.9 Å². The molecule has 0 amide bonds. The number of aromatic nitrogens is 2. The van der Waals surface area contributed by atoms with Gasteiger partial charge >= 0.3 is 0 Å². The average Bonchev–Trinajstić information content (AvgIpc) is 2.89. The minimum atomic E-state index is 0.516. The van der Waals surface area contributed by atoms with Crippen LogP contribution in [0.3, 0.4) is 0 Å². The van der Waals surface area contributed by atoms with E-state index in [2.05, 4.69) is 55.2 Å². The van der Waals surface area contributed by atoms with Gasteiger partial charge in [0.15, 0.2) is 0 Å². The predicted molar refractivity (Wildman–Crippen MR) is 103 cm³/mol. The lowest BCUT2D eigenvalue weighted by atomic mass is 10.1. The van der Waals surface area contributed by atoms with Gasteiger partial charge in [-0.2, -0.15) is 5.10 Å². The molecule has 4 nitrogen and oxygen atoms in total. The summed E-state index contributed by atoms with van der Waals surface area (Å²) >= 11 is 7.15. The summed E-state index contributed by atoms with van der Waals surface area (Å²) in [5.74, 6) is 1.60. The van der Waals surface area contributed by atoms with Gasteiger partial charge in [-0.25, -0.2) is 4.68 Å². The van der Waals surface area contributed by atoms with Crippen molar-refractivity contribution in [1.29, 1.82) is 0 Å². The van der Waals surface area contributed by atoms with Crippen LogP contribution in [0.25, 0.3) is 10.8 Å². The minimum absolute atomic E-state index is 0.516. The Morgan fingerprint density at radius 3 is 2.71 bits per heavy atom. The Morgan fingerprint density at radius 1 is 1.08 bits per heavy atom. The highest BCUT2D eigenvalue weighted by Crippen LogP contribution is 2.34. The summed E-state index contributed by atoms with van der Waals surface area (Å²) in [7, 11) is 0. The van der Waals surface area contributed by atoms with E-state index in [1.54, 1.807) is 0 Å². The molecule has 6 heteroatoms. The van der Waals surface area contributed by atoms with Crippen molar-refractivity contribution in [3.05, 3.63) is 51.0 Å². The van der Waals surface area contributed by atoms with Gasteiger partial charge in [-0.05, 0) is 58.7 Å². The Hall–Kier alpha value is -1.53. The highest BCUT2D eigenvalue weighted by atomic mass is 79.9. The SMILES string of the molecule is CCOc1cc(C)nn1CCOc1ccc2cc(Br)ccc2c1Br. The molecule has 1 aromatic heterocycles. The van der Waals surface area contributed by atoms with Crippen LogP contribution in [0.15, 0.2) is 45.3 Å². The van der Waals surface area contributed by atoms with Crippen molar-refractivity contribution >= 4 is 42.6 Å². The summed E-state index contributed by atoms with van der Waals surface area (Å²) in [6.45, 7) is 5.69. The number of benzene rings is 2. The van der Waals surface area contributed by atoms with E-state index < -0.39 is 0 Å². The number of fused-ring (bicyclic) bond motifs is 1. The topological polar surface area (TPSA) is 36.3 Å². The molecule has 0 saturated heterocycles. The molecule has 0 saturated carbocycles. The number of rotatable bonds is 6. The van der Waals surface area contributed by atoms with E-state index in [-0.39, 0.29) is 0 Å². The van der Waals surface area contributed by atoms with Crippen LogP contribution in [-0.2, 0) is 6.54 Å². The quantitative estimate of drug-likeness (QED) is 0.504. The smallest absolute Gasteiger partial charge is 0.212 e. The van der Waals surface area contributed by atoms with E-state index in [0.29, 0.717) is 19.8 Å². The Balaban J connectivity index is 1.72. The summed E-state index contributed by atoms with van der Waals surface area (Å²) in [6.07, 6.45) is 0. The third-order valence-corrected chi connectivity index (χ3v) is 4.91. The van der Waals surface area contributed by atoms with Crippen molar-refractivity contribution in [1.82, 2.24) is 9.78 Å². The first-order chi connectivity index (χ1) is 11.6. The lowest BCUT2D eigenvalue weighted by Gasteiger charge is -2.12. The molecule has 0 unspecified atom stereocenters. The van der Waals surface area contributed by atoms with Crippen LogP contribution in [0.4, 0.5) is 0 Å². The molecule has 0 aliphatic carbocycles. The zero-order valence-corrected chi connectivity index (χ0v) is 16.7. The van der Waals surface area contributed by atoms with E-state index in [1.165, 1.54) is 0 Å². The van der Waals surface area contributed by atoms with E-state index in [9.17, 15) is 0 Å². The second kappa shape index (κ2) is 7.57. The normalized spacial score (nSPS) is 11.0. The van der Waals surface area contributed by atoms with Crippen molar-refractivity contribution in [2.24, 2.45) is 0 Å². The fraction of sp³-hybridized carbons (Fsp3) is 0.278. The third kappa shape index (κ3) is 3.75. The second-order valence-electron chi connectivity index (χ2n) is 5.37. The van der Waals surface area contributed by atoms with Gasteiger partial charge in [-0.15, -0.1) is 0 Å². The zero-order valence-electron chi connectivity index (χ0n) is 13.6. The number of ether oxygens (including phenoxy) is 2. The van der Waals surface area contributed by atoms with Crippen molar-refractivity contribution in [3.8, 4) is 11.6 Å². The largest absolute Gasteiger partial charge is 0.490 e. The van der Waals surface area contributed by atoms with Gasteiger partial charge in [0.25, 0.3) is 0 Å². The highest BCUT2D eigenvalue weighted by molar-refractivity contribution is 9.11. The molecule has 24 heavy (non-hydrogen) atoms. The van der Waals surface area contributed by atoms with Crippen LogP contribution in [0, 0.1) is 6.92 Å². The molecular weight excluding hydrogens is 436 g/mol. The molecular formula is C18H18Br2N2O2. The van der Waals surface area contributed by atoms with Crippen LogP contribution < -0.4 is 9.47 Å². The Labute approximate surface area is 158 Å². The molecule has 0 spiro atoms. The second-order valence-corrected chi connectivity index (χ2v) is 7.08. The van der Waals surface area contributed by atoms with Gasteiger partial charge in [0.05, 0.1) is 23.3 Å². The Kier molecular flexibility index (Phi) is 5.46. The highest BCUT2D eigenvalue weighted by Gasteiger charge is 2.09. The standard InChI is InChI=1S/C18H18Br2N2O2/c1-3-23-17-10-12(2)21-22(17)8-9-24-16-7-4-13-11-14(19)5-6-15(13)18(16)20/h4-7,10-11H,3,8-9H2,1-2H3.